The molecule has 0 N–H and O–H groups in total. The fourth-order valence-electron chi connectivity index (χ4n) is 0.883. The molecule has 0 atom stereocenters. The van der Waals surface area contributed by atoms with Gasteiger partial charge in [0.2, 0.25) is 0 Å². The monoisotopic (exact) mass is 158 g/mol. The van der Waals surface area contributed by atoms with Gasteiger partial charge < -0.3 is 0 Å². The first-order valence-corrected chi connectivity index (χ1v) is 3.71. The second kappa shape index (κ2) is 4.29. The first-order chi connectivity index (χ1) is 5.86. The third kappa shape index (κ3) is 2.20. The van der Waals surface area contributed by atoms with Gasteiger partial charge in [-0.2, -0.15) is 0 Å². The molecular weight excluding hydrogens is 148 g/mol. The summed E-state index contributed by atoms with van der Waals surface area (Å²) < 4.78 is 0. The lowest BCUT2D eigenvalue weighted by molar-refractivity contribution is -0.104. The second-order valence-corrected chi connectivity index (χ2v) is 2.38. The van der Waals surface area contributed by atoms with E-state index in [1.807, 2.05) is 30.3 Å². The zero-order valence-electron chi connectivity index (χ0n) is 6.73. The number of carbonyl (C=O) groups is 1. The van der Waals surface area contributed by atoms with Crippen LogP contribution in [0.15, 0.2) is 48.6 Å². The van der Waals surface area contributed by atoms with Gasteiger partial charge in [0.15, 0.2) is 0 Å². The van der Waals surface area contributed by atoms with Crippen LogP contribution in [0.2, 0.25) is 0 Å². The SMILES string of the molecule is C=C/C(C=O)=C/c1ccccc1. The van der Waals surface area contributed by atoms with Crippen LogP contribution in [0.25, 0.3) is 6.08 Å². The summed E-state index contributed by atoms with van der Waals surface area (Å²) in [6.45, 7) is 3.53. The highest BCUT2D eigenvalue weighted by molar-refractivity contribution is 5.85. The molecule has 0 radical (unpaired) electrons. The summed E-state index contributed by atoms with van der Waals surface area (Å²) in [5.74, 6) is 0. The molecule has 60 valence electrons. The largest absolute Gasteiger partial charge is 0.298 e. The van der Waals surface area contributed by atoms with Crippen molar-refractivity contribution in [1.29, 1.82) is 0 Å². The van der Waals surface area contributed by atoms with Crippen molar-refractivity contribution < 1.29 is 4.79 Å². The molecule has 0 aliphatic carbocycles. The highest BCUT2D eigenvalue weighted by Gasteiger charge is 1.88. The summed E-state index contributed by atoms with van der Waals surface area (Å²) in [6, 6.07) is 9.67. The van der Waals surface area contributed by atoms with Crippen LogP contribution in [-0.2, 0) is 4.79 Å². The van der Waals surface area contributed by atoms with Crippen LogP contribution in [0.4, 0.5) is 0 Å². The summed E-state index contributed by atoms with van der Waals surface area (Å²) in [5, 5.41) is 0. The van der Waals surface area contributed by atoms with Gasteiger partial charge in [-0.25, -0.2) is 0 Å². The lowest BCUT2D eigenvalue weighted by atomic mass is 10.1. The van der Waals surface area contributed by atoms with Gasteiger partial charge in [0.05, 0.1) is 0 Å². The highest BCUT2D eigenvalue weighted by atomic mass is 16.1. The van der Waals surface area contributed by atoms with E-state index in [2.05, 4.69) is 6.58 Å². The standard InChI is InChI=1S/C11H10O/c1-2-10(9-12)8-11-6-4-3-5-7-11/h2-9H,1H2/b10-8-. The predicted molar refractivity (Wildman–Crippen MR) is 50.7 cm³/mol. The average Bonchev–Trinajstić information content (AvgIpc) is 2.16. The van der Waals surface area contributed by atoms with Gasteiger partial charge in [-0.3, -0.25) is 4.79 Å². The Bertz CT molecular complexity index is 286. The van der Waals surface area contributed by atoms with Crippen molar-refractivity contribution in [2.24, 2.45) is 0 Å². The summed E-state index contributed by atoms with van der Waals surface area (Å²) >= 11 is 0. The van der Waals surface area contributed by atoms with Crippen LogP contribution in [0.5, 0.6) is 0 Å². The van der Waals surface area contributed by atoms with Crippen molar-refractivity contribution >= 4 is 12.4 Å². The van der Waals surface area contributed by atoms with E-state index in [1.165, 1.54) is 0 Å². The van der Waals surface area contributed by atoms with Gasteiger partial charge in [-0.05, 0) is 11.6 Å². The number of benzene rings is 1. The molecule has 1 aromatic carbocycles. The normalized spacial score (nSPS) is 10.8. The molecule has 1 rings (SSSR count). The second-order valence-electron chi connectivity index (χ2n) is 2.38. The topological polar surface area (TPSA) is 17.1 Å². The third-order valence-electron chi connectivity index (χ3n) is 1.50. The van der Waals surface area contributed by atoms with E-state index in [-0.39, 0.29) is 0 Å². The molecule has 0 unspecified atom stereocenters. The third-order valence-corrected chi connectivity index (χ3v) is 1.50. The van der Waals surface area contributed by atoms with Gasteiger partial charge in [0, 0.05) is 5.57 Å². The molecule has 12 heavy (non-hydrogen) atoms. The molecule has 0 saturated carbocycles. The first kappa shape index (κ1) is 8.47. The minimum Gasteiger partial charge on any atom is -0.298 e. The minimum absolute atomic E-state index is 0.598. The molecule has 0 aliphatic rings. The van der Waals surface area contributed by atoms with Crippen LogP contribution in [0.1, 0.15) is 5.56 Å². The van der Waals surface area contributed by atoms with Crippen molar-refractivity contribution in [2.45, 2.75) is 0 Å². The van der Waals surface area contributed by atoms with Gasteiger partial charge in [0.1, 0.15) is 6.29 Å². The van der Waals surface area contributed by atoms with Gasteiger partial charge >= 0.3 is 0 Å². The summed E-state index contributed by atoms with van der Waals surface area (Å²) in [6.07, 6.45) is 4.12. The van der Waals surface area contributed by atoms with Gasteiger partial charge in [-0.15, -0.1) is 0 Å². The van der Waals surface area contributed by atoms with Crippen molar-refractivity contribution in [3.63, 3.8) is 0 Å². The van der Waals surface area contributed by atoms with Crippen LogP contribution in [0.3, 0.4) is 0 Å². The fraction of sp³-hybridized carbons (Fsp3) is 0. The van der Waals surface area contributed by atoms with Crippen molar-refractivity contribution in [3.05, 3.63) is 54.1 Å². The maximum Gasteiger partial charge on any atom is 0.150 e. The summed E-state index contributed by atoms with van der Waals surface area (Å²) in [4.78, 5) is 10.4. The van der Waals surface area contributed by atoms with Crippen molar-refractivity contribution in [3.8, 4) is 0 Å². The van der Waals surface area contributed by atoms with Gasteiger partial charge in [0.25, 0.3) is 0 Å². The molecule has 0 bridgehead atoms. The molecule has 0 aliphatic heterocycles. The highest BCUT2D eigenvalue weighted by Crippen LogP contribution is 2.04. The number of carbonyl (C=O) groups excluding carboxylic acids is 1. The smallest absolute Gasteiger partial charge is 0.150 e. The van der Waals surface area contributed by atoms with Crippen LogP contribution < -0.4 is 0 Å². The Labute approximate surface area is 72.0 Å². The molecule has 0 saturated heterocycles. The zero-order chi connectivity index (χ0) is 8.81. The molecular formula is C11H10O. The zero-order valence-corrected chi connectivity index (χ0v) is 6.73. The number of aldehydes is 1. The van der Waals surface area contributed by atoms with E-state index in [9.17, 15) is 4.79 Å². The molecule has 1 nitrogen and oxygen atoms in total. The van der Waals surface area contributed by atoms with E-state index in [4.69, 9.17) is 0 Å². The minimum atomic E-state index is 0.598. The van der Waals surface area contributed by atoms with Crippen LogP contribution in [-0.4, -0.2) is 6.29 Å². The lowest BCUT2D eigenvalue weighted by Crippen LogP contribution is -1.78. The Balaban J connectivity index is 2.93. The fourth-order valence-corrected chi connectivity index (χ4v) is 0.883. The van der Waals surface area contributed by atoms with E-state index >= 15 is 0 Å². The number of allylic oxidation sites excluding steroid dienone is 2. The number of rotatable bonds is 3. The Morgan fingerprint density at radius 2 is 1.92 bits per heavy atom. The number of hydrogen-bond donors (Lipinski definition) is 0. The molecule has 0 aromatic heterocycles. The average molecular weight is 158 g/mol. The molecule has 1 aromatic rings. The van der Waals surface area contributed by atoms with E-state index in [0.717, 1.165) is 11.8 Å². The Morgan fingerprint density at radius 3 is 2.42 bits per heavy atom. The molecule has 0 spiro atoms. The Kier molecular flexibility index (Phi) is 3.03. The maximum atomic E-state index is 10.4. The Morgan fingerprint density at radius 1 is 1.25 bits per heavy atom. The first-order valence-electron chi connectivity index (χ1n) is 3.71. The van der Waals surface area contributed by atoms with E-state index in [0.29, 0.717) is 5.57 Å². The maximum absolute atomic E-state index is 10.4. The summed E-state index contributed by atoms with van der Waals surface area (Å²) in [7, 11) is 0. The molecule has 1 heteroatoms. The summed E-state index contributed by atoms with van der Waals surface area (Å²) in [5.41, 5.74) is 1.61. The van der Waals surface area contributed by atoms with E-state index < -0.39 is 0 Å². The molecule has 0 amide bonds. The van der Waals surface area contributed by atoms with Crippen LogP contribution in [0, 0.1) is 0 Å². The molecule has 0 fully saturated rings. The quantitative estimate of drug-likeness (QED) is 0.375. The lowest BCUT2D eigenvalue weighted by Gasteiger charge is -1.91. The molecule has 0 heterocycles. The number of hydrogen-bond acceptors (Lipinski definition) is 1. The Hall–Kier alpha value is -1.63. The van der Waals surface area contributed by atoms with Crippen LogP contribution >= 0.6 is 0 Å². The van der Waals surface area contributed by atoms with Crippen molar-refractivity contribution in [1.82, 2.24) is 0 Å². The van der Waals surface area contributed by atoms with Crippen molar-refractivity contribution in [2.75, 3.05) is 0 Å². The van der Waals surface area contributed by atoms with Gasteiger partial charge in [-0.1, -0.05) is 43.0 Å². The predicted octanol–water partition coefficient (Wildman–Crippen LogP) is 2.45. The van der Waals surface area contributed by atoms with E-state index in [1.54, 1.807) is 12.2 Å².